The van der Waals surface area contributed by atoms with Gasteiger partial charge in [0, 0.05) is 17.6 Å². The van der Waals surface area contributed by atoms with E-state index in [9.17, 15) is 13.6 Å². The first-order valence-electron chi connectivity index (χ1n) is 7.37. The van der Waals surface area contributed by atoms with Crippen LogP contribution in [0.3, 0.4) is 0 Å². The lowest BCUT2D eigenvalue weighted by Crippen LogP contribution is -2.20. The lowest BCUT2D eigenvalue weighted by atomic mass is 10.1. The SMILES string of the molecule is COc1ccc(OCC(=O)Nc2ccnc3c(F)cc(F)cc23)cc1. The number of halogens is 2. The molecule has 0 saturated carbocycles. The summed E-state index contributed by atoms with van der Waals surface area (Å²) in [5.74, 6) is -0.840. The Balaban J connectivity index is 1.71. The van der Waals surface area contributed by atoms with Crippen LogP contribution in [0.1, 0.15) is 0 Å². The molecule has 7 heteroatoms. The summed E-state index contributed by atoms with van der Waals surface area (Å²) in [6, 6.07) is 10.1. The highest BCUT2D eigenvalue weighted by Gasteiger charge is 2.11. The summed E-state index contributed by atoms with van der Waals surface area (Å²) in [4.78, 5) is 15.9. The van der Waals surface area contributed by atoms with E-state index in [4.69, 9.17) is 9.47 Å². The van der Waals surface area contributed by atoms with Gasteiger partial charge >= 0.3 is 0 Å². The third-order valence-electron chi connectivity index (χ3n) is 3.47. The maximum atomic E-state index is 13.7. The molecule has 0 spiro atoms. The van der Waals surface area contributed by atoms with E-state index in [1.165, 1.54) is 12.3 Å². The highest BCUT2D eigenvalue weighted by atomic mass is 19.1. The number of ether oxygens (including phenoxy) is 2. The van der Waals surface area contributed by atoms with Crippen molar-refractivity contribution in [1.82, 2.24) is 4.98 Å². The molecule has 1 aromatic heterocycles. The van der Waals surface area contributed by atoms with Crippen molar-refractivity contribution in [3.05, 3.63) is 60.3 Å². The zero-order valence-electron chi connectivity index (χ0n) is 13.3. The third kappa shape index (κ3) is 3.82. The maximum absolute atomic E-state index is 13.7. The highest BCUT2D eigenvalue weighted by Crippen LogP contribution is 2.25. The molecule has 3 rings (SSSR count). The van der Waals surface area contributed by atoms with Gasteiger partial charge < -0.3 is 14.8 Å². The van der Waals surface area contributed by atoms with Crippen molar-refractivity contribution in [2.24, 2.45) is 0 Å². The van der Waals surface area contributed by atoms with Gasteiger partial charge in [-0.15, -0.1) is 0 Å². The second-order valence-corrected chi connectivity index (χ2v) is 5.15. The van der Waals surface area contributed by atoms with E-state index in [0.717, 1.165) is 12.1 Å². The molecule has 5 nitrogen and oxygen atoms in total. The third-order valence-corrected chi connectivity index (χ3v) is 3.47. The van der Waals surface area contributed by atoms with Crippen LogP contribution in [0.5, 0.6) is 11.5 Å². The van der Waals surface area contributed by atoms with E-state index in [1.54, 1.807) is 31.4 Å². The van der Waals surface area contributed by atoms with Gasteiger partial charge in [-0.2, -0.15) is 0 Å². The van der Waals surface area contributed by atoms with Gasteiger partial charge in [0.25, 0.3) is 5.91 Å². The van der Waals surface area contributed by atoms with Gasteiger partial charge in [-0.05, 0) is 36.4 Å². The van der Waals surface area contributed by atoms with Crippen LogP contribution >= 0.6 is 0 Å². The number of aromatic nitrogens is 1. The molecule has 0 aliphatic carbocycles. The summed E-state index contributed by atoms with van der Waals surface area (Å²) in [6.45, 7) is -0.256. The van der Waals surface area contributed by atoms with Crippen molar-refractivity contribution in [2.75, 3.05) is 19.0 Å². The van der Waals surface area contributed by atoms with E-state index in [-0.39, 0.29) is 23.2 Å². The highest BCUT2D eigenvalue weighted by molar-refractivity contribution is 6.01. The Morgan fingerprint density at radius 2 is 1.84 bits per heavy atom. The summed E-state index contributed by atoms with van der Waals surface area (Å²) < 4.78 is 37.6. The minimum atomic E-state index is -0.791. The Morgan fingerprint density at radius 1 is 1.12 bits per heavy atom. The van der Waals surface area contributed by atoms with Gasteiger partial charge in [0.15, 0.2) is 12.4 Å². The van der Waals surface area contributed by atoms with Gasteiger partial charge in [0.1, 0.15) is 22.8 Å². The molecule has 0 aliphatic heterocycles. The van der Waals surface area contributed by atoms with E-state index >= 15 is 0 Å². The lowest BCUT2D eigenvalue weighted by molar-refractivity contribution is -0.118. The molecule has 0 bridgehead atoms. The second-order valence-electron chi connectivity index (χ2n) is 5.15. The minimum Gasteiger partial charge on any atom is -0.497 e. The number of carbonyl (C=O) groups is 1. The molecule has 1 amide bonds. The quantitative estimate of drug-likeness (QED) is 0.769. The Hall–Kier alpha value is -3.22. The Kier molecular flexibility index (Phi) is 4.74. The monoisotopic (exact) mass is 344 g/mol. The molecule has 0 unspecified atom stereocenters. The largest absolute Gasteiger partial charge is 0.497 e. The summed E-state index contributed by atoms with van der Waals surface area (Å²) in [5, 5.41) is 2.75. The summed E-state index contributed by atoms with van der Waals surface area (Å²) in [6.07, 6.45) is 1.34. The van der Waals surface area contributed by atoms with Crippen molar-refractivity contribution in [2.45, 2.75) is 0 Å². The van der Waals surface area contributed by atoms with Gasteiger partial charge in [-0.1, -0.05) is 0 Å². The molecule has 0 saturated heterocycles. The predicted molar refractivity (Wildman–Crippen MR) is 88.8 cm³/mol. The van der Waals surface area contributed by atoms with Crippen LogP contribution in [-0.2, 0) is 4.79 Å². The number of nitrogens with one attached hydrogen (secondary N) is 1. The molecule has 3 aromatic rings. The van der Waals surface area contributed by atoms with Crippen LogP contribution in [0.2, 0.25) is 0 Å². The van der Waals surface area contributed by atoms with Gasteiger partial charge in [-0.3, -0.25) is 9.78 Å². The number of fused-ring (bicyclic) bond motifs is 1. The standard InChI is InChI=1S/C18H14F2N2O3/c1-24-12-2-4-13(5-3-12)25-10-17(23)22-16-6-7-21-18-14(16)8-11(19)9-15(18)20/h2-9H,10H2,1H3,(H,21,22,23). The molecule has 25 heavy (non-hydrogen) atoms. The topological polar surface area (TPSA) is 60.5 Å². The number of methoxy groups -OCH3 is 1. The molecule has 1 heterocycles. The van der Waals surface area contributed by atoms with E-state index in [2.05, 4.69) is 10.3 Å². The Bertz CT molecular complexity index is 914. The summed E-state index contributed by atoms with van der Waals surface area (Å²) >= 11 is 0. The Morgan fingerprint density at radius 3 is 2.56 bits per heavy atom. The van der Waals surface area contributed by atoms with Crippen LogP contribution in [0, 0.1) is 11.6 Å². The Labute approximate surface area is 142 Å². The first kappa shape index (κ1) is 16.6. The number of amides is 1. The smallest absolute Gasteiger partial charge is 0.262 e. The van der Waals surface area contributed by atoms with Crippen LogP contribution in [0.25, 0.3) is 10.9 Å². The summed E-state index contributed by atoms with van der Waals surface area (Å²) in [7, 11) is 1.55. The van der Waals surface area contributed by atoms with Crippen molar-refractivity contribution < 1.29 is 23.0 Å². The molecule has 2 aromatic carbocycles. The maximum Gasteiger partial charge on any atom is 0.262 e. The number of carbonyl (C=O) groups excluding carboxylic acids is 1. The number of rotatable bonds is 5. The van der Waals surface area contributed by atoms with Gasteiger partial charge in [0.2, 0.25) is 0 Å². The fourth-order valence-corrected chi connectivity index (χ4v) is 2.29. The van der Waals surface area contributed by atoms with Crippen LogP contribution in [-0.4, -0.2) is 24.6 Å². The van der Waals surface area contributed by atoms with Crippen LogP contribution < -0.4 is 14.8 Å². The van der Waals surface area contributed by atoms with Crippen molar-refractivity contribution >= 4 is 22.5 Å². The number of nitrogens with zero attached hydrogens (tertiary/aromatic N) is 1. The number of hydrogen-bond donors (Lipinski definition) is 1. The number of pyridine rings is 1. The first-order valence-corrected chi connectivity index (χ1v) is 7.37. The second kappa shape index (κ2) is 7.12. The number of hydrogen-bond acceptors (Lipinski definition) is 4. The first-order chi connectivity index (χ1) is 12.1. The number of anilines is 1. The molecule has 0 aliphatic rings. The molecule has 0 atom stereocenters. The molecule has 0 fully saturated rings. The lowest BCUT2D eigenvalue weighted by Gasteiger charge is -2.10. The molecule has 1 N–H and O–H groups in total. The predicted octanol–water partition coefficient (Wildman–Crippen LogP) is 3.54. The van der Waals surface area contributed by atoms with Gasteiger partial charge in [0.05, 0.1) is 12.8 Å². The van der Waals surface area contributed by atoms with Crippen LogP contribution in [0.15, 0.2) is 48.7 Å². The van der Waals surface area contributed by atoms with Crippen molar-refractivity contribution in [3.8, 4) is 11.5 Å². The van der Waals surface area contributed by atoms with Gasteiger partial charge in [-0.25, -0.2) is 8.78 Å². The van der Waals surface area contributed by atoms with E-state index in [0.29, 0.717) is 11.5 Å². The van der Waals surface area contributed by atoms with Crippen molar-refractivity contribution in [1.29, 1.82) is 0 Å². The normalized spacial score (nSPS) is 10.5. The fraction of sp³-hybridized carbons (Fsp3) is 0.111. The van der Waals surface area contributed by atoms with E-state index < -0.39 is 17.5 Å². The average molecular weight is 344 g/mol. The zero-order valence-corrected chi connectivity index (χ0v) is 13.3. The zero-order chi connectivity index (χ0) is 17.8. The minimum absolute atomic E-state index is 0.0183. The van der Waals surface area contributed by atoms with Crippen LogP contribution in [0.4, 0.5) is 14.5 Å². The molecular formula is C18H14F2N2O3. The summed E-state index contributed by atoms with van der Waals surface area (Å²) in [5.41, 5.74) is 0.238. The fourth-order valence-electron chi connectivity index (χ4n) is 2.29. The number of benzene rings is 2. The average Bonchev–Trinajstić information content (AvgIpc) is 2.61. The van der Waals surface area contributed by atoms with Crippen molar-refractivity contribution in [3.63, 3.8) is 0 Å². The molecule has 0 radical (unpaired) electrons. The van der Waals surface area contributed by atoms with E-state index in [1.807, 2.05) is 0 Å². The molecule has 128 valence electrons. The molecular weight excluding hydrogens is 330 g/mol.